The fourth-order valence-corrected chi connectivity index (χ4v) is 2.26. The minimum Gasteiger partial charge on any atom is -0.504 e. The highest BCUT2D eigenvalue weighted by atomic mass is 32.2. The minimum absolute atomic E-state index is 0.0903. The molecular formula is C13H19NO3S. The summed E-state index contributed by atoms with van der Waals surface area (Å²) in [5.74, 6) is 1.35. The average Bonchev–Trinajstić information content (AvgIpc) is 2.33. The van der Waals surface area contributed by atoms with Crippen molar-refractivity contribution in [3.05, 3.63) is 23.8 Å². The van der Waals surface area contributed by atoms with E-state index in [2.05, 4.69) is 12.2 Å². The first-order valence-corrected chi connectivity index (χ1v) is 7.10. The Morgan fingerprint density at radius 2 is 2.11 bits per heavy atom. The molecular weight excluding hydrogens is 250 g/mol. The number of thioether (sulfide) groups is 1. The van der Waals surface area contributed by atoms with E-state index in [4.69, 9.17) is 5.11 Å². The second-order valence-corrected chi connectivity index (χ2v) is 5.46. The summed E-state index contributed by atoms with van der Waals surface area (Å²) in [6, 6.07) is 4.14. The first-order valence-electron chi connectivity index (χ1n) is 5.95. The molecule has 0 fully saturated rings. The number of aromatic hydroxyl groups is 2. The van der Waals surface area contributed by atoms with Crippen LogP contribution in [0, 0.1) is 0 Å². The van der Waals surface area contributed by atoms with E-state index < -0.39 is 0 Å². The molecule has 1 unspecified atom stereocenters. The first kappa shape index (κ1) is 14.7. The number of carbonyl (C=O) groups excluding carboxylic acids is 1. The van der Waals surface area contributed by atoms with Crippen molar-refractivity contribution in [1.82, 2.24) is 5.32 Å². The van der Waals surface area contributed by atoms with Gasteiger partial charge in [0.1, 0.15) is 0 Å². The molecule has 1 atom stereocenters. The van der Waals surface area contributed by atoms with Gasteiger partial charge in [0.2, 0.25) is 0 Å². The highest BCUT2D eigenvalue weighted by molar-refractivity contribution is 7.99. The third-order valence-corrected chi connectivity index (χ3v) is 3.45. The van der Waals surface area contributed by atoms with Gasteiger partial charge in [0.05, 0.1) is 0 Å². The predicted octanol–water partition coefficient (Wildman–Crippen LogP) is 2.36. The lowest BCUT2D eigenvalue weighted by molar-refractivity contribution is 0.0939. The number of nitrogens with one attached hydrogen (secondary N) is 1. The molecule has 0 bridgehead atoms. The van der Waals surface area contributed by atoms with E-state index in [9.17, 15) is 9.90 Å². The van der Waals surface area contributed by atoms with Crippen LogP contribution in [0.2, 0.25) is 0 Å². The van der Waals surface area contributed by atoms with E-state index in [1.54, 1.807) is 0 Å². The number of amides is 1. The van der Waals surface area contributed by atoms with E-state index in [-0.39, 0.29) is 23.4 Å². The zero-order valence-electron chi connectivity index (χ0n) is 10.6. The van der Waals surface area contributed by atoms with Crippen molar-refractivity contribution in [3.8, 4) is 11.5 Å². The smallest absolute Gasteiger partial charge is 0.251 e. The highest BCUT2D eigenvalue weighted by Crippen LogP contribution is 2.24. The normalized spacial score (nSPS) is 12.1. The van der Waals surface area contributed by atoms with Gasteiger partial charge >= 0.3 is 0 Å². The van der Waals surface area contributed by atoms with Gasteiger partial charge in [-0.2, -0.15) is 11.8 Å². The molecule has 0 aliphatic rings. The minimum atomic E-state index is -0.281. The lowest BCUT2D eigenvalue weighted by Gasteiger charge is -2.13. The number of benzene rings is 1. The number of hydrogen-bond acceptors (Lipinski definition) is 4. The predicted molar refractivity (Wildman–Crippen MR) is 74.3 cm³/mol. The Kier molecular flexibility index (Phi) is 5.85. The quantitative estimate of drug-likeness (QED) is 0.548. The Morgan fingerprint density at radius 3 is 2.72 bits per heavy atom. The number of carbonyl (C=O) groups is 1. The Bertz CT molecular complexity index is 409. The van der Waals surface area contributed by atoms with E-state index in [0.29, 0.717) is 5.56 Å². The zero-order chi connectivity index (χ0) is 13.5. The molecule has 0 aliphatic carbocycles. The molecule has 0 aromatic heterocycles. The fourth-order valence-electron chi connectivity index (χ4n) is 1.45. The average molecular weight is 269 g/mol. The van der Waals surface area contributed by atoms with Gasteiger partial charge < -0.3 is 15.5 Å². The molecule has 0 radical (unpaired) electrons. The van der Waals surface area contributed by atoms with Crippen molar-refractivity contribution in [2.24, 2.45) is 0 Å². The maximum Gasteiger partial charge on any atom is 0.251 e. The summed E-state index contributed by atoms with van der Waals surface area (Å²) >= 11 is 1.84. The molecule has 0 saturated carbocycles. The van der Waals surface area contributed by atoms with Gasteiger partial charge in [0.25, 0.3) is 5.91 Å². The number of rotatable bonds is 6. The van der Waals surface area contributed by atoms with Crippen LogP contribution in [0.4, 0.5) is 0 Å². The van der Waals surface area contributed by atoms with E-state index >= 15 is 0 Å². The number of phenolic OH excluding ortho intramolecular Hbond substituents is 2. The molecule has 3 N–H and O–H groups in total. The zero-order valence-corrected chi connectivity index (χ0v) is 11.5. The Balaban J connectivity index is 2.51. The van der Waals surface area contributed by atoms with Gasteiger partial charge in [-0.25, -0.2) is 0 Å². The Hall–Kier alpha value is -1.36. The van der Waals surface area contributed by atoms with Gasteiger partial charge in [-0.05, 0) is 43.0 Å². The van der Waals surface area contributed by atoms with Crippen LogP contribution in [0.15, 0.2) is 18.2 Å². The molecule has 18 heavy (non-hydrogen) atoms. The van der Waals surface area contributed by atoms with Crippen LogP contribution >= 0.6 is 11.8 Å². The van der Waals surface area contributed by atoms with E-state index in [1.807, 2.05) is 18.7 Å². The van der Waals surface area contributed by atoms with Crippen molar-refractivity contribution < 1.29 is 15.0 Å². The standard InChI is InChI=1S/C13H19NO3S/c1-3-18-7-6-9(2)14-13(17)10-4-5-11(15)12(16)8-10/h4-5,8-9,15-16H,3,6-7H2,1-2H3,(H,14,17). The summed E-state index contributed by atoms with van der Waals surface area (Å²) in [6.07, 6.45) is 0.911. The van der Waals surface area contributed by atoms with Crippen LogP contribution in [-0.4, -0.2) is 33.7 Å². The second-order valence-electron chi connectivity index (χ2n) is 4.06. The number of phenols is 2. The SMILES string of the molecule is CCSCCC(C)NC(=O)c1ccc(O)c(O)c1. The molecule has 4 nitrogen and oxygen atoms in total. The Morgan fingerprint density at radius 1 is 1.39 bits per heavy atom. The van der Waals surface area contributed by atoms with Gasteiger partial charge in [-0.1, -0.05) is 6.92 Å². The van der Waals surface area contributed by atoms with Crippen LogP contribution in [0.3, 0.4) is 0 Å². The topological polar surface area (TPSA) is 69.6 Å². The van der Waals surface area contributed by atoms with Gasteiger partial charge in [0.15, 0.2) is 11.5 Å². The fraction of sp³-hybridized carbons (Fsp3) is 0.462. The van der Waals surface area contributed by atoms with Crippen molar-refractivity contribution in [3.63, 3.8) is 0 Å². The van der Waals surface area contributed by atoms with Crippen molar-refractivity contribution in [2.45, 2.75) is 26.3 Å². The van der Waals surface area contributed by atoms with E-state index in [0.717, 1.165) is 17.9 Å². The molecule has 0 heterocycles. The monoisotopic (exact) mass is 269 g/mol. The highest BCUT2D eigenvalue weighted by Gasteiger charge is 2.11. The third kappa shape index (κ3) is 4.49. The van der Waals surface area contributed by atoms with Crippen LogP contribution in [-0.2, 0) is 0 Å². The van der Waals surface area contributed by atoms with Gasteiger partial charge in [0, 0.05) is 11.6 Å². The van der Waals surface area contributed by atoms with Crippen LogP contribution < -0.4 is 5.32 Å². The molecule has 1 aromatic rings. The molecule has 0 aliphatic heterocycles. The van der Waals surface area contributed by atoms with Crippen LogP contribution in [0.1, 0.15) is 30.6 Å². The lowest BCUT2D eigenvalue weighted by atomic mass is 10.1. The molecule has 5 heteroatoms. The summed E-state index contributed by atoms with van der Waals surface area (Å²) in [4.78, 5) is 11.8. The van der Waals surface area contributed by atoms with Crippen molar-refractivity contribution in [2.75, 3.05) is 11.5 Å². The molecule has 0 saturated heterocycles. The summed E-state index contributed by atoms with van der Waals surface area (Å²) in [6.45, 7) is 4.06. The molecule has 1 rings (SSSR count). The lowest BCUT2D eigenvalue weighted by Crippen LogP contribution is -2.32. The van der Waals surface area contributed by atoms with Crippen molar-refractivity contribution in [1.29, 1.82) is 0 Å². The van der Waals surface area contributed by atoms with E-state index in [1.165, 1.54) is 18.2 Å². The largest absolute Gasteiger partial charge is 0.504 e. The first-order chi connectivity index (χ1) is 8.54. The Labute approximate surface area is 111 Å². The maximum atomic E-state index is 11.8. The molecule has 0 spiro atoms. The molecule has 1 aromatic carbocycles. The summed E-state index contributed by atoms with van der Waals surface area (Å²) < 4.78 is 0. The summed E-state index contributed by atoms with van der Waals surface area (Å²) in [7, 11) is 0. The summed E-state index contributed by atoms with van der Waals surface area (Å²) in [5, 5.41) is 21.3. The molecule has 1 amide bonds. The second kappa shape index (κ2) is 7.16. The maximum absolute atomic E-state index is 11.8. The van der Waals surface area contributed by atoms with Crippen LogP contribution in [0.25, 0.3) is 0 Å². The summed E-state index contributed by atoms with van der Waals surface area (Å²) in [5.41, 5.74) is 0.347. The van der Waals surface area contributed by atoms with Gasteiger partial charge in [-0.3, -0.25) is 4.79 Å². The van der Waals surface area contributed by atoms with Crippen molar-refractivity contribution >= 4 is 17.7 Å². The van der Waals surface area contributed by atoms with Gasteiger partial charge in [-0.15, -0.1) is 0 Å². The number of hydrogen-bond donors (Lipinski definition) is 3. The third-order valence-electron chi connectivity index (χ3n) is 2.51. The molecule has 100 valence electrons. The van der Waals surface area contributed by atoms with Crippen LogP contribution in [0.5, 0.6) is 11.5 Å².